The summed E-state index contributed by atoms with van der Waals surface area (Å²) in [7, 11) is 0. The van der Waals surface area contributed by atoms with Gasteiger partial charge >= 0.3 is 0 Å². The van der Waals surface area contributed by atoms with Crippen LogP contribution >= 0.6 is 11.8 Å². The SMILES string of the molecule is O=C(c1ccc2ccccc2c1)N1CCS[C@@H]1c1cccc(Oc2ccccc2)c1. The number of hydrogen-bond acceptors (Lipinski definition) is 3. The third-order valence-corrected chi connectivity index (χ3v) is 6.53. The van der Waals surface area contributed by atoms with Crippen molar-refractivity contribution in [3.05, 3.63) is 108 Å². The molecule has 1 fully saturated rings. The van der Waals surface area contributed by atoms with Crippen LogP contribution in [0.1, 0.15) is 21.3 Å². The second-order valence-corrected chi connectivity index (χ2v) is 8.46. The van der Waals surface area contributed by atoms with E-state index in [2.05, 4.69) is 12.1 Å². The van der Waals surface area contributed by atoms with E-state index in [4.69, 9.17) is 4.74 Å². The highest BCUT2D eigenvalue weighted by atomic mass is 32.2. The molecule has 0 saturated carbocycles. The van der Waals surface area contributed by atoms with Gasteiger partial charge in [0.2, 0.25) is 0 Å². The molecule has 4 aromatic carbocycles. The van der Waals surface area contributed by atoms with E-state index in [-0.39, 0.29) is 11.3 Å². The Morgan fingerprint density at radius 3 is 2.43 bits per heavy atom. The smallest absolute Gasteiger partial charge is 0.255 e. The number of thioether (sulfide) groups is 1. The molecular formula is C26H21NO2S. The molecule has 1 heterocycles. The Morgan fingerprint density at radius 1 is 0.800 bits per heavy atom. The highest BCUT2D eigenvalue weighted by Crippen LogP contribution is 2.40. The van der Waals surface area contributed by atoms with Crippen molar-refractivity contribution in [2.45, 2.75) is 5.37 Å². The van der Waals surface area contributed by atoms with Crippen molar-refractivity contribution in [2.24, 2.45) is 0 Å². The number of ether oxygens (including phenoxy) is 1. The first-order valence-corrected chi connectivity index (χ1v) is 11.1. The zero-order valence-electron chi connectivity index (χ0n) is 16.4. The van der Waals surface area contributed by atoms with Crippen LogP contribution in [0.15, 0.2) is 97.1 Å². The fourth-order valence-corrected chi connectivity index (χ4v) is 5.04. The number of hydrogen-bond donors (Lipinski definition) is 0. The Labute approximate surface area is 180 Å². The molecule has 0 radical (unpaired) electrons. The second kappa shape index (κ2) is 8.25. The summed E-state index contributed by atoms with van der Waals surface area (Å²) in [5.41, 5.74) is 1.82. The maximum Gasteiger partial charge on any atom is 0.255 e. The molecule has 1 amide bonds. The Kier molecular flexibility index (Phi) is 5.16. The molecule has 1 atom stereocenters. The lowest BCUT2D eigenvalue weighted by molar-refractivity contribution is 0.0760. The molecule has 3 nitrogen and oxygen atoms in total. The van der Waals surface area contributed by atoms with Crippen LogP contribution in [-0.2, 0) is 0 Å². The monoisotopic (exact) mass is 411 g/mol. The first-order chi connectivity index (χ1) is 14.8. The average Bonchev–Trinajstić information content (AvgIpc) is 3.29. The molecule has 0 N–H and O–H groups in total. The maximum absolute atomic E-state index is 13.3. The number of carbonyl (C=O) groups excluding carboxylic acids is 1. The van der Waals surface area contributed by atoms with E-state index in [0.29, 0.717) is 0 Å². The molecule has 1 saturated heterocycles. The van der Waals surface area contributed by atoms with Crippen LogP contribution in [0, 0.1) is 0 Å². The molecule has 4 aromatic rings. The number of fused-ring (bicyclic) bond motifs is 1. The lowest BCUT2D eigenvalue weighted by atomic mass is 10.1. The van der Waals surface area contributed by atoms with Crippen molar-refractivity contribution in [3.8, 4) is 11.5 Å². The van der Waals surface area contributed by atoms with Gasteiger partial charge in [-0.3, -0.25) is 4.79 Å². The number of para-hydroxylation sites is 1. The highest BCUT2D eigenvalue weighted by Gasteiger charge is 2.31. The van der Waals surface area contributed by atoms with Crippen molar-refractivity contribution in [1.82, 2.24) is 4.90 Å². The number of rotatable bonds is 4. The van der Waals surface area contributed by atoms with Crippen LogP contribution in [0.5, 0.6) is 11.5 Å². The van der Waals surface area contributed by atoms with Crippen LogP contribution < -0.4 is 4.74 Å². The third-order valence-electron chi connectivity index (χ3n) is 5.27. The summed E-state index contributed by atoms with van der Waals surface area (Å²) in [5.74, 6) is 2.58. The van der Waals surface area contributed by atoms with Gasteiger partial charge in [-0.1, -0.05) is 60.7 Å². The van der Waals surface area contributed by atoms with Crippen LogP contribution in [0.4, 0.5) is 0 Å². The summed E-state index contributed by atoms with van der Waals surface area (Å²) in [5, 5.41) is 2.22. The van der Waals surface area contributed by atoms with E-state index < -0.39 is 0 Å². The number of nitrogens with zero attached hydrogens (tertiary/aromatic N) is 1. The normalized spacial score (nSPS) is 16.0. The maximum atomic E-state index is 13.3. The van der Waals surface area contributed by atoms with Gasteiger partial charge in [0, 0.05) is 17.9 Å². The van der Waals surface area contributed by atoms with Crippen LogP contribution in [0.3, 0.4) is 0 Å². The molecule has 148 valence electrons. The van der Waals surface area contributed by atoms with Crippen molar-refractivity contribution in [3.63, 3.8) is 0 Å². The molecule has 0 spiro atoms. The molecule has 4 heteroatoms. The topological polar surface area (TPSA) is 29.5 Å². The largest absolute Gasteiger partial charge is 0.457 e. The number of amides is 1. The van der Waals surface area contributed by atoms with Gasteiger partial charge in [-0.05, 0) is 52.7 Å². The van der Waals surface area contributed by atoms with Crippen LogP contribution in [-0.4, -0.2) is 23.1 Å². The van der Waals surface area contributed by atoms with Crippen molar-refractivity contribution < 1.29 is 9.53 Å². The van der Waals surface area contributed by atoms with Gasteiger partial charge in [-0.2, -0.15) is 0 Å². The zero-order chi connectivity index (χ0) is 20.3. The summed E-state index contributed by atoms with van der Waals surface area (Å²) in [6, 6.07) is 31.9. The Morgan fingerprint density at radius 2 is 1.57 bits per heavy atom. The average molecular weight is 412 g/mol. The van der Waals surface area contributed by atoms with Gasteiger partial charge < -0.3 is 9.64 Å². The minimum atomic E-state index is -0.0108. The number of carbonyl (C=O) groups is 1. The van der Waals surface area contributed by atoms with Gasteiger partial charge in [0.1, 0.15) is 16.9 Å². The van der Waals surface area contributed by atoms with E-state index in [1.807, 2.05) is 89.8 Å². The van der Waals surface area contributed by atoms with Gasteiger partial charge in [0.05, 0.1) is 0 Å². The van der Waals surface area contributed by atoms with Gasteiger partial charge in [-0.15, -0.1) is 11.8 Å². The molecule has 0 unspecified atom stereocenters. The molecular weight excluding hydrogens is 390 g/mol. The summed E-state index contributed by atoms with van der Waals surface area (Å²) < 4.78 is 5.99. The van der Waals surface area contributed by atoms with Gasteiger partial charge in [-0.25, -0.2) is 0 Å². The van der Waals surface area contributed by atoms with Crippen LogP contribution in [0.2, 0.25) is 0 Å². The van der Waals surface area contributed by atoms with Crippen molar-refractivity contribution in [2.75, 3.05) is 12.3 Å². The first-order valence-electron chi connectivity index (χ1n) is 10.0. The van der Waals surface area contributed by atoms with E-state index in [1.54, 1.807) is 11.8 Å². The molecule has 0 aromatic heterocycles. The summed E-state index contributed by atoms with van der Waals surface area (Å²) in [4.78, 5) is 15.3. The predicted molar refractivity (Wildman–Crippen MR) is 123 cm³/mol. The van der Waals surface area contributed by atoms with Gasteiger partial charge in [0.25, 0.3) is 5.91 Å². The first kappa shape index (κ1) is 18.8. The standard InChI is InChI=1S/C26H21NO2S/c28-25(21-14-13-19-7-4-5-8-20(19)17-21)27-15-16-30-26(27)22-9-6-12-24(18-22)29-23-10-2-1-3-11-23/h1-14,17-18,26H,15-16H2/t26-/m1/s1. The quantitative estimate of drug-likeness (QED) is 0.383. The minimum Gasteiger partial charge on any atom is -0.457 e. The second-order valence-electron chi connectivity index (χ2n) is 7.27. The molecule has 1 aliphatic heterocycles. The summed E-state index contributed by atoms with van der Waals surface area (Å²) >= 11 is 1.79. The Hall–Kier alpha value is -3.24. The fraction of sp³-hybridized carbons (Fsp3) is 0.115. The van der Waals surface area contributed by atoms with E-state index in [1.165, 1.54) is 0 Å². The van der Waals surface area contributed by atoms with Crippen LogP contribution in [0.25, 0.3) is 10.8 Å². The van der Waals surface area contributed by atoms with Crippen molar-refractivity contribution >= 4 is 28.4 Å². The molecule has 5 rings (SSSR count). The molecule has 0 aliphatic carbocycles. The zero-order valence-corrected chi connectivity index (χ0v) is 17.2. The van der Waals surface area contributed by atoms with Crippen molar-refractivity contribution in [1.29, 1.82) is 0 Å². The number of benzene rings is 4. The predicted octanol–water partition coefficient (Wildman–Crippen LogP) is 6.52. The molecule has 0 bridgehead atoms. The summed E-state index contributed by atoms with van der Waals surface area (Å²) in [6.07, 6.45) is 0. The fourth-order valence-electron chi connectivity index (χ4n) is 3.80. The summed E-state index contributed by atoms with van der Waals surface area (Å²) in [6.45, 7) is 0.741. The minimum absolute atomic E-state index is 0.0108. The Balaban J connectivity index is 1.40. The highest BCUT2D eigenvalue weighted by molar-refractivity contribution is 7.99. The van der Waals surface area contributed by atoms with Gasteiger partial charge in [0.15, 0.2) is 0 Å². The lowest BCUT2D eigenvalue weighted by Gasteiger charge is -2.24. The lowest BCUT2D eigenvalue weighted by Crippen LogP contribution is -2.30. The van der Waals surface area contributed by atoms with E-state index in [0.717, 1.165) is 45.7 Å². The van der Waals surface area contributed by atoms with E-state index >= 15 is 0 Å². The molecule has 30 heavy (non-hydrogen) atoms. The third kappa shape index (κ3) is 3.79. The van der Waals surface area contributed by atoms with E-state index in [9.17, 15) is 4.79 Å². The molecule has 1 aliphatic rings. The Bertz CT molecular complexity index is 1190.